The average molecular weight is 346 g/mol. The molecule has 2 aliphatic heterocycles. The number of carbonyl (C=O) groups excluding carboxylic acids is 2. The number of rotatable bonds is 6. The predicted molar refractivity (Wildman–Crippen MR) is 94.6 cm³/mol. The number of nitrogens with zero attached hydrogens (tertiary/aromatic N) is 1. The van der Waals surface area contributed by atoms with Crippen molar-refractivity contribution in [3.8, 4) is 5.75 Å². The molecule has 0 saturated carbocycles. The molecule has 2 saturated heterocycles. The third-order valence-electron chi connectivity index (χ3n) is 4.94. The minimum atomic E-state index is -0.376. The highest BCUT2D eigenvalue weighted by atomic mass is 16.5. The third-order valence-corrected chi connectivity index (χ3v) is 4.94. The van der Waals surface area contributed by atoms with E-state index in [2.05, 4.69) is 5.32 Å². The van der Waals surface area contributed by atoms with Crippen LogP contribution in [0.4, 0.5) is 5.69 Å². The van der Waals surface area contributed by atoms with Crippen LogP contribution >= 0.6 is 0 Å². The average Bonchev–Trinajstić information content (AvgIpc) is 3.32. The van der Waals surface area contributed by atoms with E-state index >= 15 is 0 Å². The number of benzene rings is 1. The molecule has 0 aliphatic carbocycles. The Kier molecular flexibility index (Phi) is 5.91. The molecule has 2 aliphatic rings. The first-order valence-corrected chi connectivity index (χ1v) is 9.03. The van der Waals surface area contributed by atoms with Gasteiger partial charge in [0.2, 0.25) is 11.8 Å². The number of carbonyl (C=O) groups is 2. The van der Waals surface area contributed by atoms with E-state index in [1.807, 2.05) is 0 Å². The fourth-order valence-electron chi connectivity index (χ4n) is 3.54. The SMILES string of the molecule is COc1ccc(NC(=O)[C@@H]2CCCN2C(=O)CC[C@@H]2CCCO2)cc1. The summed E-state index contributed by atoms with van der Waals surface area (Å²) in [6.45, 7) is 1.46. The number of methoxy groups -OCH3 is 1. The molecule has 1 aromatic carbocycles. The maximum Gasteiger partial charge on any atom is 0.247 e. The monoisotopic (exact) mass is 346 g/mol. The zero-order valence-corrected chi connectivity index (χ0v) is 14.7. The van der Waals surface area contributed by atoms with Crippen LogP contribution in [0.15, 0.2) is 24.3 Å². The largest absolute Gasteiger partial charge is 0.497 e. The van der Waals surface area contributed by atoms with Gasteiger partial charge in [-0.15, -0.1) is 0 Å². The first-order valence-electron chi connectivity index (χ1n) is 9.03. The molecule has 2 atom stereocenters. The molecular weight excluding hydrogens is 320 g/mol. The Labute approximate surface area is 148 Å². The van der Waals surface area contributed by atoms with E-state index in [4.69, 9.17) is 9.47 Å². The van der Waals surface area contributed by atoms with Crippen molar-refractivity contribution in [1.29, 1.82) is 0 Å². The summed E-state index contributed by atoms with van der Waals surface area (Å²) in [5, 5.41) is 2.90. The van der Waals surface area contributed by atoms with Crippen molar-refractivity contribution < 1.29 is 19.1 Å². The summed E-state index contributed by atoms with van der Waals surface area (Å²) in [5.41, 5.74) is 0.712. The lowest BCUT2D eigenvalue weighted by atomic mass is 10.1. The molecule has 1 aromatic rings. The fourth-order valence-corrected chi connectivity index (χ4v) is 3.54. The van der Waals surface area contributed by atoms with Gasteiger partial charge in [0.05, 0.1) is 13.2 Å². The van der Waals surface area contributed by atoms with E-state index in [1.165, 1.54) is 0 Å². The van der Waals surface area contributed by atoms with E-state index in [-0.39, 0.29) is 24.0 Å². The molecule has 0 unspecified atom stereocenters. The highest BCUT2D eigenvalue weighted by molar-refractivity contribution is 5.97. The molecule has 2 amide bonds. The predicted octanol–water partition coefficient (Wildman–Crippen LogP) is 2.58. The van der Waals surface area contributed by atoms with E-state index in [0.717, 1.165) is 38.0 Å². The normalized spacial score (nSPS) is 22.8. The van der Waals surface area contributed by atoms with Gasteiger partial charge in [0, 0.05) is 25.3 Å². The summed E-state index contributed by atoms with van der Waals surface area (Å²) in [6, 6.07) is 6.83. The van der Waals surface area contributed by atoms with E-state index in [0.29, 0.717) is 25.1 Å². The van der Waals surface area contributed by atoms with Crippen molar-refractivity contribution in [2.45, 2.75) is 50.7 Å². The lowest BCUT2D eigenvalue weighted by Crippen LogP contribution is -2.43. The lowest BCUT2D eigenvalue weighted by molar-refractivity contribution is -0.137. The Morgan fingerprint density at radius 3 is 2.72 bits per heavy atom. The van der Waals surface area contributed by atoms with Gasteiger partial charge in [-0.2, -0.15) is 0 Å². The van der Waals surface area contributed by atoms with Crippen LogP contribution in [0.1, 0.15) is 38.5 Å². The number of hydrogen-bond acceptors (Lipinski definition) is 4. The Morgan fingerprint density at radius 1 is 1.24 bits per heavy atom. The molecule has 0 radical (unpaired) electrons. The molecule has 0 spiro atoms. The van der Waals surface area contributed by atoms with Gasteiger partial charge in [-0.1, -0.05) is 0 Å². The summed E-state index contributed by atoms with van der Waals surface area (Å²) in [5.74, 6) is 0.681. The highest BCUT2D eigenvalue weighted by Crippen LogP contribution is 2.23. The summed E-state index contributed by atoms with van der Waals surface area (Å²) < 4.78 is 10.7. The fraction of sp³-hybridized carbons (Fsp3) is 0.579. The van der Waals surface area contributed by atoms with Crippen LogP contribution in [0.25, 0.3) is 0 Å². The topological polar surface area (TPSA) is 67.9 Å². The van der Waals surface area contributed by atoms with Gasteiger partial charge in [0.15, 0.2) is 0 Å². The first kappa shape index (κ1) is 17.7. The number of hydrogen-bond donors (Lipinski definition) is 1. The molecule has 2 heterocycles. The van der Waals surface area contributed by atoms with Gasteiger partial charge in [-0.3, -0.25) is 9.59 Å². The zero-order chi connectivity index (χ0) is 17.6. The quantitative estimate of drug-likeness (QED) is 0.860. The molecule has 0 bridgehead atoms. The van der Waals surface area contributed by atoms with Gasteiger partial charge in [-0.25, -0.2) is 0 Å². The van der Waals surface area contributed by atoms with E-state index in [9.17, 15) is 9.59 Å². The molecule has 3 rings (SSSR count). The van der Waals surface area contributed by atoms with Crippen molar-refractivity contribution in [3.05, 3.63) is 24.3 Å². The van der Waals surface area contributed by atoms with Crippen LogP contribution in [-0.2, 0) is 14.3 Å². The van der Waals surface area contributed by atoms with Crippen LogP contribution < -0.4 is 10.1 Å². The van der Waals surface area contributed by atoms with Crippen molar-refractivity contribution in [1.82, 2.24) is 4.90 Å². The minimum absolute atomic E-state index is 0.0582. The Hall–Kier alpha value is -2.08. The third kappa shape index (κ3) is 4.51. The number of amides is 2. The minimum Gasteiger partial charge on any atom is -0.497 e. The molecule has 1 N–H and O–H groups in total. The second-order valence-corrected chi connectivity index (χ2v) is 6.64. The molecular formula is C19H26N2O4. The molecule has 2 fully saturated rings. The first-order chi connectivity index (χ1) is 12.2. The molecule has 136 valence electrons. The van der Waals surface area contributed by atoms with Crippen LogP contribution in [-0.4, -0.2) is 49.1 Å². The van der Waals surface area contributed by atoms with Crippen LogP contribution in [0, 0.1) is 0 Å². The standard InChI is InChI=1S/C19H26N2O4/c1-24-15-8-6-14(7-9-15)20-19(23)17-5-2-12-21(17)18(22)11-10-16-4-3-13-25-16/h6-9,16-17H,2-5,10-13H2,1H3,(H,20,23)/t16-,17-/m0/s1. The maximum atomic E-state index is 12.6. The number of likely N-dealkylation sites (tertiary alicyclic amines) is 1. The van der Waals surface area contributed by atoms with Gasteiger partial charge < -0.3 is 19.7 Å². The summed E-state index contributed by atoms with van der Waals surface area (Å²) in [4.78, 5) is 26.8. The summed E-state index contributed by atoms with van der Waals surface area (Å²) >= 11 is 0. The van der Waals surface area contributed by atoms with Crippen molar-refractivity contribution in [3.63, 3.8) is 0 Å². The van der Waals surface area contributed by atoms with Gasteiger partial charge in [0.1, 0.15) is 11.8 Å². The van der Waals surface area contributed by atoms with E-state index in [1.54, 1.807) is 36.3 Å². The highest BCUT2D eigenvalue weighted by Gasteiger charge is 2.34. The summed E-state index contributed by atoms with van der Waals surface area (Å²) in [6.07, 6.45) is 5.11. The Morgan fingerprint density at radius 2 is 2.04 bits per heavy atom. The molecule has 6 heteroatoms. The summed E-state index contributed by atoms with van der Waals surface area (Å²) in [7, 11) is 1.60. The Bertz CT molecular complexity index is 596. The van der Waals surface area contributed by atoms with Crippen LogP contribution in [0.5, 0.6) is 5.75 Å². The molecule has 25 heavy (non-hydrogen) atoms. The van der Waals surface area contributed by atoms with Crippen molar-refractivity contribution >= 4 is 17.5 Å². The molecule has 0 aromatic heterocycles. The second kappa shape index (κ2) is 8.34. The van der Waals surface area contributed by atoms with Crippen molar-refractivity contribution in [2.24, 2.45) is 0 Å². The number of nitrogens with one attached hydrogen (secondary N) is 1. The van der Waals surface area contributed by atoms with E-state index < -0.39 is 0 Å². The second-order valence-electron chi connectivity index (χ2n) is 6.64. The number of ether oxygens (including phenoxy) is 2. The van der Waals surface area contributed by atoms with Crippen LogP contribution in [0.3, 0.4) is 0 Å². The lowest BCUT2D eigenvalue weighted by Gasteiger charge is -2.24. The van der Waals surface area contributed by atoms with Crippen LogP contribution in [0.2, 0.25) is 0 Å². The molecule has 6 nitrogen and oxygen atoms in total. The van der Waals surface area contributed by atoms with Crippen molar-refractivity contribution in [2.75, 3.05) is 25.6 Å². The smallest absolute Gasteiger partial charge is 0.247 e. The number of anilines is 1. The van der Waals surface area contributed by atoms with Gasteiger partial charge >= 0.3 is 0 Å². The van der Waals surface area contributed by atoms with Gasteiger partial charge in [0.25, 0.3) is 0 Å². The van der Waals surface area contributed by atoms with Gasteiger partial charge in [-0.05, 0) is 56.4 Å². The maximum absolute atomic E-state index is 12.6. The zero-order valence-electron chi connectivity index (χ0n) is 14.7. The Balaban J connectivity index is 1.53.